The fourth-order valence-electron chi connectivity index (χ4n) is 0. The van der Waals surface area contributed by atoms with Crippen molar-refractivity contribution in [3.05, 3.63) is 0 Å². The van der Waals surface area contributed by atoms with E-state index >= 15 is 0 Å². The van der Waals surface area contributed by atoms with Gasteiger partial charge in [0, 0.05) is 0 Å². The van der Waals surface area contributed by atoms with E-state index in [0.717, 1.165) is 2.21 Å². The first kappa shape index (κ1) is 5.43. The summed E-state index contributed by atoms with van der Waals surface area (Å²) in [6.45, 7) is 0. The molecule has 3 heteroatoms. The van der Waals surface area contributed by atoms with Crippen molar-refractivity contribution in [2.45, 2.75) is 0 Å². The van der Waals surface area contributed by atoms with Gasteiger partial charge in [-0.25, -0.2) is 0 Å². The van der Waals surface area contributed by atoms with Crippen LogP contribution < -0.4 is 0 Å². The van der Waals surface area contributed by atoms with Crippen LogP contribution >= 0.6 is 0 Å². The summed E-state index contributed by atoms with van der Waals surface area (Å²) in [6, 6.07) is 0. The molecule has 0 fully saturated rings. The van der Waals surface area contributed by atoms with Crippen molar-refractivity contribution in [3.63, 3.8) is 0 Å². The van der Waals surface area contributed by atoms with E-state index in [9.17, 15) is 0 Å². The van der Waals surface area contributed by atoms with Crippen molar-refractivity contribution in [1.82, 2.24) is 0 Å². The van der Waals surface area contributed by atoms with Crippen LogP contribution in [0, 0.1) is 0 Å². The van der Waals surface area contributed by atoms with Gasteiger partial charge < -0.3 is 0 Å². The summed E-state index contributed by atoms with van der Waals surface area (Å²) in [5, 5.41) is 0. The molecular weight excluding hydrogens is 249 g/mol. The third kappa shape index (κ3) is 9.91. The van der Waals surface area contributed by atoms with Gasteiger partial charge in [0.2, 0.25) is 0 Å². The van der Waals surface area contributed by atoms with Crippen LogP contribution in [0.2, 0.25) is 0 Å². The molecule has 0 saturated heterocycles. The van der Waals surface area contributed by atoms with Crippen LogP contribution in [0.15, 0.2) is 0 Å². The Bertz CT molecular complexity index is 26.3. The van der Waals surface area contributed by atoms with E-state index in [4.69, 9.17) is 0 Å². The fourth-order valence-corrected chi connectivity index (χ4v) is 0. The molecule has 0 aromatic heterocycles. The first-order valence-electron chi connectivity index (χ1n) is 0.612. The zero-order valence-electron chi connectivity index (χ0n) is 1.72. The molecule has 0 rings (SSSR count). The molecular formula is CSe3. The standard InChI is InChI=1S/CSe3/c2-1(3)4. The van der Waals surface area contributed by atoms with E-state index in [0.29, 0.717) is 0 Å². The Kier molecular flexibility index (Phi) is 3.60. The fraction of sp³-hybridized carbons (Fsp3) is 0. The predicted octanol–water partition coefficient (Wildman–Crippen LogP) is -1.42. The van der Waals surface area contributed by atoms with Crippen LogP contribution in [0.4, 0.5) is 0 Å². The molecule has 0 nitrogen and oxygen atoms in total. The van der Waals surface area contributed by atoms with Gasteiger partial charge in [0.15, 0.2) is 0 Å². The second-order valence-corrected chi connectivity index (χ2v) is 6.75. The summed E-state index contributed by atoms with van der Waals surface area (Å²) >= 11 is 8.12. The molecule has 0 aliphatic carbocycles. The van der Waals surface area contributed by atoms with Gasteiger partial charge in [0.05, 0.1) is 0 Å². The molecule has 0 bridgehead atoms. The summed E-state index contributed by atoms with van der Waals surface area (Å²) in [5.41, 5.74) is 0. The van der Waals surface area contributed by atoms with E-state index in [1.165, 1.54) is 0 Å². The molecule has 0 aromatic carbocycles. The monoisotopic (exact) mass is 252 g/mol. The summed E-state index contributed by atoms with van der Waals surface area (Å²) in [7, 11) is 0. The Morgan fingerprint density at radius 2 is 1.25 bits per heavy atom. The van der Waals surface area contributed by atoms with Crippen molar-refractivity contribution < 1.29 is 0 Å². The quantitative estimate of drug-likeness (QED) is 0.462. The molecule has 0 aliphatic rings. The molecule has 0 heterocycles. The molecule has 22 valence electrons. The number of hydrogen-bond acceptors (Lipinski definition) is 0. The van der Waals surface area contributed by atoms with Crippen LogP contribution in [0.3, 0.4) is 0 Å². The maximum absolute atomic E-state index is 2.71. The van der Waals surface area contributed by atoms with Crippen LogP contribution in [-0.2, 0) is 0 Å². The van der Waals surface area contributed by atoms with Gasteiger partial charge in [0.1, 0.15) is 0 Å². The Morgan fingerprint density at radius 1 is 1.25 bits per heavy atom. The third-order valence-electron chi connectivity index (χ3n) is 0. The van der Waals surface area contributed by atoms with Gasteiger partial charge in [-0.05, 0) is 0 Å². The minimum atomic E-state index is 1.04. The van der Waals surface area contributed by atoms with Gasteiger partial charge in [0.25, 0.3) is 0 Å². The van der Waals surface area contributed by atoms with E-state index in [2.05, 4.69) is 47.6 Å². The SMILES string of the molecule is [Se]C([Se])=[Se]. The molecule has 0 spiro atoms. The van der Waals surface area contributed by atoms with Crippen LogP contribution in [0.5, 0.6) is 0 Å². The zero-order chi connectivity index (χ0) is 3.58. The molecule has 4 heavy (non-hydrogen) atoms. The Morgan fingerprint density at radius 3 is 1.25 bits per heavy atom. The molecule has 0 saturated carbocycles. The van der Waals surface area contributed by atoms with Crippen molar-refractivity contribution >= 4 is 49.8 Å². The topological polar surface area (TPSA) is 0 Å². The molecule has 0 amide bonds. The van der Waals surface area contributed by atoms with Crippen molar-refractivity contribution in [3.8, 4) is 0 Å². The third-order valence-corrected chi connectivity index (χ3v) is 0. The van der Waals surface area contributed by atoms with Gasteiger partial charge in [-0.2, -0.15) is 0 Å². The zero-order valence-corrected chi connectivity index (χ0v) is 6.86. The molecule has 0 aliphatic heterocycles. The van der Waals surface area contributed by atoms with Gasteiger partial charge in [-0.1, -0.05) is 0 Å². The molecule has 0 atom stereocenters. The van der Waals surface area contributed by atoms with Gasteiger partial charge in [-0.15, -0.1) is 0 Å². The predicted molar refractivity (Wildman–Crippen MR) is 22.3 cm³/mol. The summed E-state index contributed by atoms with van der Waals surface area (Å²) in [4.78, 5) is 0. The second-order valence-electron chi connectivity index (χ2n) is 0.250. The van der Waals surface area contributed by atoms with Gasteiger partial charge in [-0.3, -0.25) is 0 Å². The van der Waals surface area contributed by atoms with Crippen LogP contribution in [0.25, 0.3) is 0 Å². The van der Waals surface area contributed by atoms with Crippen molar-refractivity contribution in [1.29, 1.82) is 0 Å². The second kappa shape index (κ2) is 2.65. The molecule has 2 radical (unpaired) electrons. The summed E-state index contributed by atoms with van der Waals surface area (Å²) in [6.07, 6.45) is 0. The molecule has 0 unspecified atom stereocenters. The maximum atomic E-state index is 2.71. The van der Waals surface area contributed by atoms with Crippen LogP contribution in [-0.4, -0.2) is 49.8 Å². The molecule has 0 N–H and O–H groups in total. The van der Waals surface area contributed by atoms with Crippen molar-refractivity contribution in [2.24, 2.45) is 0 Å². The van der Waals surface area contributed by atoms with E-state index in [-0.39, 0.29) is 0 Å². The van der Waals surface area contributed by atoms with Gasteiger partial charge >= 0.3 is 49.8 Å². The summed E-state index contributed by atoms with van der Waals surface area (Å²) in [5.74, 6) is 0. The first-order valence-corrected chi connectivity index (χ1v) is 3.18. The number of hydrogen-bond donors (Lipinski definition) is 0. The number of rotatable bonds is 0. The normalized spacial score (nSPS) is 6.00. The Labute approximate surface area is 49.7 Å². The molecule has 0 aromatic rings. The van der Waals surface area contributed by atoms with E-state index in [1.807, 2.05) is 0 Å². The summed E-state index contributed by atoms with van der Waals surface area (Å²) < 4.78 is 1.04. The van der Waals surface area contributed by atoms with Crippen molar-refractivity contribution in [2.75, 3.05) is 0 Å². The Hall–Kier alpha value is 1.43. The Balaban J connectivity index is 2.80. The van der Waals surface area contributed by atoms with E-state index < -0.39 is 0 Å². The minimum absolute atomic E-state index is 1.04. The first-order chi connectivity index (χ1) is 1.73. The van der Waals surface area contributed by atoms with E-state index in [1.54, 1.807) is 0 Å². The average Bonchev–Trinajstić information content (AvgIpc) is 0.811. The average molecular weight is 249 g/mol. The van der Waals surface area contributed by atoms with Crippen LogP contribution in [0.1, 0.15) is 0 Å².